The lowest BCUT2D eigenvalue weighted by atomic mass is 10.1. The van der Waals surface area contributed by atoms with Gasteiger partial charge in [0.05, 0.1) is 5.56 Å². The highest BCUT2D eigenvalue weighted by atomic mass is 79.9. The Morgan fingerprint density at radius 2 is 1.93 bits per heavy atom. The third-order valence-corrected chi connectivity index (χ3v) is 2.37. The zero-order chi connectivity index (χ0) is 10.8. The van der Waals surface area contributed by atoms with Crippen LogP contribution in [0.3, 0.4) is 0 Å². The van der Waals surface area contributed by atoms with Crippen molar-refractivity contribution in [2.75, 3.05) is 5.33 Å². The Kier molecular flexibility index (Phi) is 3.84. The molecule has 0 fully saturated rings. The molecular formula is C9H7BrClF3. The topological polar surface area (TPSA) is 0 Å². The highest BCUT2D eigenvalue weighted by molar-refractivity contribution is 9.09. The van der Waals surface area contributed by atoms with Gasteiger partial charge >= 0.3 is 6.18 Å². The number of hydrogen-bond acceptors (Lipinski definition) is 0. The summed E-state index contributed by atoms with van der Waals surface area (Å²) in [5, 5.41) is 0.605. The Labute approximate surface area is 93.2 Å². The van der Waals surface area contributed by atoms with E-state index >= 15 is 0 Å². The van der Waals surface area contributed by atoms with Gasteiger partial charge in [0, 0.05) is 10.4 Å². The zero-order valence-corrected chi connectivity index (χ0v) is 9.38. The van der Waals surface area contributed by atoms with Crippen LogP contribution in [-0.4, -0.2) is 5.33 Å². The van der Waals surface area contributed by atoms with Crippen LogP contribution in [0, 0.1) is 0 Å². The first kappa shape index (κ1) is 11.9. The van der Waals surface area contributed by atoms with E-state index in [1.165, 1.54) is 12.1 Å². The molecule has 1 aromatic rings. The number of hydrogen-bond donors (Lipinski definition) is 0. The van der Waals surface area contributed by atoms with Crippen LogP contribution in [0.15, 0.2) is 18.2 Å². The molecule has 0 bridgehead atoms. The van der Waals surface area contributed by atoms with Crippen LogP contribution in [0.1, 0.15) is 11.1 Å². The van der Waals surface area contributed by atoms with Crippen molar-refractivity contribution in [2.24, 2.45) is 0 Å². The highest BCUT2D eigenvalue weighted by Crippen LogP contribution is 2.34. The summed E-state index contributed by atoms with van der Waals surface area (Å²) < 4.78 is 37.4. The number of rotatable bonds is 2. The van der Waals surface area contributed by atoms with Crippen molar-refractivity contribution < 1.29 is 13.2 Å². The molecule has 0 spiro atoms. The molecule has 0 aliphatic carbocycles. The Balaban J connectivity index is 3.16. The Morgan fingerprint density at radius 3 is 2.43 bits per heavy atom. The van der Waals surface area contributed by atoms with Gasteiger partial charge in [0.2, 0.25) is 0 Å². The minimum atomic E-state index is -4.33. The summed E-state index contributed by atoms with van der Waals surface area (Å²) in [6.45, 7) is 0. The zero-order valence-electron chi connectivity index (χ0n) is 7.04. The van der Waals surface area contributed by atoms with E-state index in [4.69, 9.17) is 11.6 Å². The summed E-state index contributed by atoms with van der Waals surface area (Å²) in [5.74, 6) is 0. The van der Waals surface area contributed by atoms with E-state index in [1.54, 1.807) is 0 Å². The molecule has 0 N–H and O–H groups in total. The van der Waals surface area contributed by atoms with Gasteiger partial charge < -0.3 is 0 Å². The van der Waals surface area contributed by atoms with Gasteiger partial charge in [0.15, 0.2) is 0 Å². The lowest BCUT2D eigenvalue weighted by molar-refractivity contribution is -0.138. The molecule has 0 aromatic heterocycles. The van der Waals surface area contributed by atoms with E-state index in [2.05, 4.69) is 15.9 Å². The molecule has 14 heavy (non-hydrogen) atoms. The number of benzene rings is 1. The Hall–Kier alpha value is -0.220. The molecule has 0 radical (unpaired) electrons. The van der Waals surface area contributed by atoms with E-state index < -0.39 is 11.7 Å². The molecule has 1 aromatic carbocycles. The quantitative estimate of drug-likeness (QED) is 0.712. The van der Waals surface area contributed by atoms with Crippen molar-refractivity contribution >= 4 is 27.5 Å². The van der Waals surface area contributed by atoms with Crippen molar-refractivity contribution in [3.05, 3.63) is 34.3 Å². The fourth-order valence-corrected chi connectivity index (χ4v) is 1.73. The molecule has 5 heteroatoms. The van der Waals surface area contributed by atoms with Crippen molar-refractivity contribution in [3.63, 3.8) is 0 Å². The van der Waals surface area contributed by atoms with Gasteiger partial charge in [-0.05, 0) is 24.1 Å². The number of halogens is 5. The van der Waals surface area contributed by atoms with Gasteiger partial charge in [-0.2, -0.15) is 13.2 Å². The van der Waals surface area contributed by atoms with E-state index in [9.17, 15) is 13.2 Å². The molecule has 0 saturated carbocycles. The first-order valence-electron chi connectivity index (χ1n) is 3.86. The van der Waals surface area contributed by atoms with Crippen molar-refractivity contribution in [1.29, 1.82) is 0 Å². The molecule has 1 rings (SSSR count). The monoisotopic (exact) mass is 286 g/mol. The van der Waals surface area contributed by atoms with Gasteiger partial charge in [0.1, 0.15) is 0 Å². The standard InChI is InChI=1S/C9H7BrClF3/c10-4-3-6-1-2-7(11)5-8(6)9(12,13)14/h1-2,5H,3-4H2. The summed E-state index contributed by atoms with van der Waals surface area (Å²) in [7, 11) is 0. The number of alkyl halides is 4. The summed E-state index contributed by atoms with van der Waals surface area (Å²) in [4.78, 5) is 0. The second-order valence-corrected chi connectivity index (χ2v) is 3.97. The first-order chi connectivity index (χ1) is 6.45. The van der Waals surface area contributed by atoms with Crippen LogP contribution >= 0.6 is 27.5 Å². The molecule has 0 amide bonds. The third-order valence-electron chi connectivity index (χ3n) is 1.74. The molecule has 0 atom stereocenters. The van der Waals surface area contributed by atoms with E-state index in [-0.39, 0.29) is 10.6 Å². The van der Waals surface area contributed by atoms with Crippen LogP contribution < -0.4 is 0 Å². The second kappa shape index (κ2) is 4.53. The maximum Gasteiger partial charge on any atom is 0.416 e. The Morgan fingerprint density at radius 1 is 1.29 bits per heavy atom. The predicted molar refractivity (Wildman–Crippen MR) is 54.0 cm³/mol. The summed E-state index contributed by atoms with van der Waals surface area (Å²) in [6, 6.07) is 3.83. The van der Waals surface area contributed by atoms with Crippen molar-refractivity contribution in [1.82, 2.24) is 0 Å². The third kappa shape index (κ3) is 2.89. The smallest absolute Gasteiger partial charge is 0.166 e. The van der Waals surface area contributed by atoms with Crippen LogP contribution in [0.25, 0.3) is 0 Å². The molecule has 0 saturated heterocycles. The van der Waals surface area contributed by atoms with Gasteiger partial charge in [-0.25, -0.2) is 0 Å². The van der Waals surface area contributed by atoms with Crippen LogP contribution in [0.5, 0.6) is 0 Å². The summed E-state index contributed by atoms with van der Waals surface area (Å²) >= 11 is 8.62. The van der Waals surface area contributed by atoms with Crippen molar-refractivity contribution in [2.45, 2.75) is 12.6 Å². The fourth-order valence-electron chi connectivity index (χ4n) is 1.13. The van der Waals surface area contributed by atoms with Crippen LogP contribution in [-0.2, 0) is 12.6 Å². The normalized spacial score (nSPS) is 11.8. The molecule has 0 aliphatic rings. The van der Waals surface area contributed by atoms with Gasteiger partial charge in [-0.15, -0.1) is 0 Å². The molecule has 0 heterocycles. The Bertz CT molecular complexity index is 322. The van der Waals surface area contributed by atoms with Gasteiger partial charge in [-0.1, -0.05) is 33.6 Å². The first-order valence-corrected chi connectivity index (χ1v) is 5.36. The average molecular weight is 288 g/mol. The van der Waals surface area contributed by atoms with Gasteiger partial charge in [0.25, 0.3) is 0 Å². The van der Waals surface area contributed by atoms with E-state index in [0.29, 0.717) is 11.8 Å². The lowest BCUT2D eigenvalue weighted by Crippen LogP contribution is -2.09. The largest absolute Gasteiger partial charge is 0.416 e. The lowest BCUT2D eigenvalue weighted by Gasteiger charge is -2.12. The van der Waals surface area contributed by atoms with Gasteiger partial charge in [-0.3, -0.25) is 0 Å². The van der Waals surface area contributed by atoms with Crippen LogP contribution in [0.2, 0.25) is 5.02 Å². The van der Waals surface area contributed by atoms with E-state index in [0.717, 1.165) is 6.07 Å². The maximum absolute atomic E-state index is 12.5. The maximum atomic E-state index is 12.5. The van der Waals surface area contributed by atoms with Crippen LogP contribution in [0.4, 0.5) is 13.2 Å². The predicted octanol–water partition coefficient (Wildman–Crippen LogP) is 4.30. The molecular weight excluding hydrogens is 280 g/mol. The van der Waals surface area contributed by atoms with Crippen molar-refractivity contribution in [3.8, 4) is 0 Å². The summed E-state index contributed by atoms with van der Waals surface area (Å²) in [5.41, 5.74) is -0.386. The summed E-state index contributed by atoms with van der Waals surface area (Å²) in [6.07, 6.45) is -3.99. The SMILES string of the molecule is FC(F)(F)c1cc(Cl)ccc1CCBr. The highest BCUT2D eigenvalue weighted by Gasteiger charge is 2.33. The molecule has 0 nitrogen and oxygen atoms in total. The van der Waals surface area contributed by atoms with E-state index in [1.807, 2.05) is 0 Å². The molecule has 0 aliphatic heterocycles. The fraction of sp³-hybridized carbons (Fsp3) is 0.333. The minimum Gasteiger partial charge on any atom is -0.166 e. The molecule has 78 valence electrons. The average Bonchev–Trinajstić information content (AvgIpc) is 2.07. The molecule has 0 unspecified atom stereocenters. The number of aryl methyl sites for hydroxylation is 1. The minimum absolute atomic E-state index is 0.107. The second-order valence-electron chi connectivity index (χ2n) is 2.74.